The summed E-state index contributed by atoms with van der Waals surface area (Å²) in [6.45, 7) is 6.22. The van der Waals surface area contributed by atoms with E-state index in [2.05, 4.69) is 54.5 Å². The molecule has 3 heteroatoms. The summed E-state index contributed by atoms with van der Waals surface area (Å²) >= 11 is 0. The fourth-order valence-corrected chi connectivity index (χ4v) is 2.60. The highest BCUT2D eigenvalue weighted by molar-refractivity contribution is 5.77. The van der Waals surface area contributed by atoms with Crippen LogP contribution in [0.3, 0.4) is 0 Å². The van der Waals surface area contributed by atoms with E-state index in [-0.39, 0.29) is 0 Å². The minimum Gasteiger partial charge on any atom is -0.370 e. The third kappa shape index (κ3) is 4.26. The van der Waals surface area contributed by atoms with E-state index in [1.54, 1.807) is 0 Å². The Hall–Kier alpha value is -1.51. The molecule has 1 aliphatic carbocycles. The zero-order chi connectivity index (χ0) is 14.4. The quantitative estimate of drug-likeness (QED) is 0.618. The summed E-state index contributed by atoms with van der Waals surface area (Å²) in [6, 6.07) is 10.6. The van der Waals surface area contributed by atoms with E-state index in [0.717, 1.165) is 19.0 Å². The summed E-state index contributed by atoms with van der Waals surface area (Å²) in [5.74, 6) is 2.39. The number of benzene rings is 1. The largest absolute Gasteiger partial charge is 0.370 e. The minimum absolute atomic E-state index is 0.431. The summed E-state index contributed by atoms with van der Waals surface area (Å²) in [6.07, 6.45) is 4.03. The van der Waals surface area contributed by atoms with E-state index >= 15 is 0 Å². The Morgan fingerprint density at radius 1 is 1.30 bits per heavy atom. The minimum atomic E-state index is 0.431. The maximum absolute atomic E-state index is 5.97. The Morgan fingerprint density at radius 2 is 2.00 bits per heavy atom. The molecule has 0 aromatic heterocycles. The fraction of sp³-hybridized carbons (Fsp3) is 0.588. The summed E-state index contributed by atoms with van der Waals surface area (Å²) < 4.78 is 0. The van der Waals surface area contributed by atoms with Gasteiger partial charge >= 0.3 is 0 Å². The first kappa shape index (κ1) is 14.9. The molecular formula is C17H27N3. The van der Waals surface area contributed by atoms with Gasteiger partial charge in [0.05, 0.1) is 0 Å². The first-order valence-electron chi connectivity index (χ1n) is 7.75. The van der Waals surface area contributed by atoms with Crippen molar-refractivity contribution in [3.05, 3.63) is 35.9 Å². The van der Waals surface area contributed by atoms with Gasteiger partial charge in [0, 0.05) is 19.0 Å². The van der Waals surface area contributed by atoms with E-state index in [4.69, 9.17) is 5.73 Å². The third-order valence-electron chi connectivity index (χ3n) is 4.29. The Labute approximate surface area is 122 Å². The van der Waals surface area contributed by atoms with Gasteiger partial charge in [-0.2, -0.15) is 0 Å². The van der Waals surface area contributed by atoms with Gasteiger partial charge in [0.15, 0.2) is 5.96 Å². The molecule has 1 fully saturated rings. The van der Waals surface area contributed by atoms with Gasteiger partial charge in [0.2, 0.25) is 0 Å². The molecule has 0 amide bonds. The topological polar surface area (TPSA) is 50.4 Å². The summed E-state index contributed by atoms with van der Waals surface area (Å²) in [4.78, 5) is 4.54. The van der Waals surface area contributed by atoms with Gasteiger partial charge in [-0.15, -0.1) is 0 Å². The van der Waals surface area contributed by atoms with Crippen molar-refractivity contribution in [2.75, 3.05) is 13.1 Å². The standard InChI is InChI=1S/C17H27N3/c1-13(2)16(15-9-4-3-5-10-15)12-20-17(18)19-11-14-7-6-8-14/h3-5,9-10,13-14,16H,6-8,11-12H2,1-2H3,(H3,18,19,20). The zero-order valence-electron chi connectivity index (χ0n) is 12.7. The summed E-state index contributed by atoms with van der Waals surface area (Å²) in [5, 5.41) is 3.26. The van der Waals surface area contributed by atoms with Crippen molar-refractivity contribution in [3.63, 3.8) is 0 Å². The van der Waals surface area contributed by atoms with Crippen molar-refractivity contribution in [1.82, 2.24) is 5.32 Å². The van der Waals surface area contributed by atoms with Crippen LogP contribution in [0.2, 0.25) is 0 Å². The van der Waals surface area contributed by atoms with Crippen LogP contribution in [0.4, 0.5) is 0 Å². The smallest absolute Gasteiger partial charge is 0.188 e. The second kappa shape index (κ2) is 7.32. The molecule has 0 radical (unpaired) electrons. The van der Waals surface area contributed by atoms with Crippen LogP contribution < -0.4 is 11.1 Å². The van der Waals surface area contributed by atoms with Gasteiger partial charge in [-0.1, -0.05) is 50.6 Å². The lowest BCUT2D eigenvalue weighted by Crippen LogP contribution is -2.37. The van der Waals surface area contributed by atoms with Crippen LogP contribution in [-0.4, -0.2) is 19.0 Å². The number of aliphatic imine (C=N–C) groups is 1. The number of guanidine groups is 1. The predicted octanol–water partition coefficient (Wildman–Crippen LogP) is 3.13. The van der Waals surface area contributed by atoms with Crippen molar-refractivity contribution in [3.8, 4) is 0 Å². The van der Waals surface area contributed by atoms with Crippen LogP contribution >= 0.6 is 0 Å². The van der Waals surface area contributed by atoms with Crippen molar-refractivity contribution in [2.24, 2.45) is 22.6 Å². The monoisotopic (exact) mass is 273 g/mol. The van der Waals surface area contributed by atoms with Crippen molar-refractivity contribution in [2.45, 2.75) is 39.0 Å². The lowest BCUT2D eigenvalue weighted by Gasteiger charge is -2.25. The van der Waals surface area contributed by atoms with E-state index < -0.39 is 0 Å². The van der Waals surface area contributed by atoms with Gasteiger partial charge in [0.1, 0.15) is 0 Å². The van der Waals surface area contributed by atoms with Crippen molar-refractivity contribution >= 4 is 5.96 Å². The first-order chi connectivity index (χ1) is 9.66. The SMILES string of the molecule is CC(C)C(CN=C(N)NCC1CCC1)c1ccccc1. The van der Waals surface area contributed by atoms with Crippen LogP contribution in [0, 0.1) is 11.8 Å². The molecule has 1 saturated carbocycles. The molecule has 3 nitrogen and oxygen atoms in total. The lowest BCUT2D eigenvalue weighted by molar-refractivity contribution is 0.315. The Bertz CT molecular complexity index is 421. The van der Waals surface area contributed by atoms with Gasteiger partial charge < -0.3 is 11.1 Å². The number of hydrogen-bond acceptors (Lipinski definition) is 1. The predicted molar refractivity (Wildman–Crippen MR) is 85.9 cm³/mol. The number of rotatable bonds is 6. The molecule has 0 spiro atoms. The molecule has 1 unspecified atom stereocenters. The molecule has 1 aromatic rings. The van der Waals surface area contributed by atoms with E-state index in [1.807, 2.05) is 0 Å². The molecule has 0 saturated heterocycles. The maximum Gasteiger partial charge on any atom is 0.188 e. The molecule has 1 atom stereocenters. The number of nitrogens with zero attached hydrogens (tertiary/aromatic N) is 1. The molecule has 0 aliphatic heterocycles. The van der Waals surface area contributed by atoms with Gasteiger partial charge in [-0.3, -0.25) is 4.99 Å². The summed E-state index contributed by atoms with van der Waals surface area (Å²) in [7, 11) is 0. The first-order valence-corrected chi connectivity index (χ1v) is 7.75. The second-order valence-electron chi connectivity index (χ2n) is 6.16. The molecule has 1 aliphatic rings. The number of nitrogens with one attached hydrogen (secondary N) is 1. The highest BCUT2D eigenvalue weighted by atomic mass is 15.1. The van der Waals surface area contributed by atoms with Gasteiger partial charge in [0.25, 0.3) is 0 Å². The molecule has 0 bridgehead atoms. The van der Waals surface area contributed by atoms with E-state index in [0.29, 0.717) is 17.8 Å². The third-order valence-corrected chi connectivity index (χ3v) is 4.29. The maximum atomic E-state index is 5.97. The Morgan fingerprint density at radius 3 is 2.55 bits per heavy atom. The second-order valence-corrected chi connectivity index (χ2v) is 6.16. The van der Waals surface area contributed by atoms with E-state index in [1.165, 1.54) is 24.8 Å². The van der Waals surface area contributed by atoms with Gasteiger partial charge in [-0.05, 0) is 30.2 Å². The Balaban J connectivity index is 1.87. The highest BCUT2D eigenvalue weighted by Gasteiger charge is 2.17. The van der Waals surface area contributed by atoms with E-state index in [9.17, 15) is 0 Å². The molecular weight excluding hydrogens is 246 g/mol. The van der Waals surface area contributed by atoms with Crippen LogP contribution in [0.25, 0.3) is 0 Å². The molecule has 2 rings (SSSR count). The van der Waals surface area contributed by atoms with Crippen LogP contribution in [0.5, 0.6) is 0 Å². The Kier molecular flexibility index (Phi) is 5.45. The average Bonchev–Trinajstić information content (AvgIpc) is 2.38. The average molecular weight is 273 g/mol. The highest BCUT2D eigenvalue weighted by Crippen LogP contribution is 2.25. The molecule has 1 aromatic carbocycles. The van der Waals surface area contributed by atoms with Gasteiger partial charge in [-0.25, -0.2) is 0 Å². The number of hydrogen-bond donors (Lipinski definition) is 2. The van der Waals surface area contributed by atoms with Crippen molar-refractivity contribution < 1.29 is 0 Å². The fourth-order valence-electron chi connectivity index (χ4n) is 2.60. The molecule has 20 heavy (non-hydrogen) atoms. The molecule has 110 valence electrons. The molecule has 0 heterocycles. The lowest BCUT2D eigenvalue weighted by atomic mass is 9.85. The molecule has 3 N–H and O–H groups in total. The number of nitrogens with two attached hydrogens (primary N) is 1. The normalized spacial score (nSPS) is 17.9. The van der Waals surface area contributed by atoms with Crippen LogP contribution in [-0.2, 0) is 0 Å². The van der Waals surface area contributed by atoms with Crippen LogP contribution in [0.15, 0.2) is 35.3 Å². The summed E-state index contributed by atoms with van der Waals surface area (Å²) in [5.41, 5.74) is 7.31. The zero-order valence-corrected chi connectivity index (χ0v) is 12.7. The van der Waals surface area contributed by atoms with Crippen molar-refractivity contribution in [1.29, 1.82) is 0 Å². The van der Waals surface area contributed by atoms with Crippen LogP contribution in [0.1, 0.15) is 44.6 Å².